The van der Waals surface area contributed by atoms with Gasteiger partial charge in [-0.15, -0.1) is 0 Å². The van der Waals surface area contributed by atoms with E-state index in [2.05, 4.69) is 0 Å². The zero-order valence-corrected chi connectivity index (χ0v) is 10.5. The van der Waals surface area contributed by atoms with Gasteiger partial charge >= 0.3 is 0 Å². The Hall–Kier alpha value is -0.870. The number of fused-ring (bicyclic) bond motifs is 1. The van der Waals surface area contributed by atoms with E-state index in [0.717, 1.165) is 18.4 Å². The highest BCUT2D eigenvalue weighted by Gasteiger charge is 2.49. The molecule has 2 N–H and O–H groups in total. The fourth-order valence-corrected chi connectivity index (χ4v) is 5.29. The summed E-state index contributed by atoms with van der Waals surface area (Å²) in [5.74, 6) is 0.367. The highest BCUT2D eigenvalue weighted by atomic mass is 32.2. The first-order valence-electron chi connectivity index (χ1n) is 6.11. The topological polar surface area (TPSA) is 60.2 Å². The summed E-state index contributed by atoms with van der Waals surface area (Å²) >= 11 is 0. The molecule has 0 radical (unpaired) electrons. The van der Waals surface area contributed by atoms with E-state index < -0.39 is 9.84 Å². The smallest absolute Gasteiger partial charge is 0.179 e. The average molecular weight is 251 g/mol. The van der Waals surface area contributed by atoms with E-state index in [1.807, 2.05) is 12.1 Å². The Morgan fingerprint density at radius 1 is 1.29 bits per heavy atom. The van der Waals surface area contributed by atoms with Crippen molar-refractivity contribution in [3.05, 3.63) is 29.8 Å². The number of sulfone groups is 1. The van der Waals surface area contributed by atoms with E-state index in [1.54, 1.807) is 12.1 Å². The van der Waals surface area contributed by atoms with Crippen LogP contribution in [0.3, 0.4) is 0 Å². The van der Waals surface area contributed by atoms with Crippen molar-refractivity contribution >= 4 is 9.84 Å². The molecule has 4 heteroatoms. The number of rotatable bonds is 2. The molecule has 0 spiro atoms. The molecule has 2 aliphatic rings. The van der Waals surface area contributed by atoms with Crippen LogP contribution in [0.5, 0.6) is 0 Å². The third-order valence-electron chi connectivity index (χ3n) is 4.51. The lowest BCUT2D eigenvalue weighted by Crippen LogP contribution is -2.43. The Morgan fingerprint density at radius 3 is 2.59 bits per heavy atom. The summed E-state index contributed by atoms with van der Waals surface area (Å²) in [6.45, 7) is 0.599. The minimum atomic E-state index is -3.08. The Labute approximate surface area is 102 Å². The predicted molar refractivity (Wildman–Crippen MR) is 66.6 cm³/mol. The fraction of sp³-hybridized carbons (Fsp3) is 0.538. The number of benzene rings is 1. The first-order valence-corrected chi connectivity index (χ1v) is 7.76. The molecule has 1 aliphatic heterocycles. The van der Waals surface area contributed by atoms with E-state index in [4.69, 9.17) is 5.73 Å². The van der Waals surface area contributed by atoms with Crippen LogP contribution in [0.15, 0.2) is 29.2 Å². The van der Waals surface area contributed by atoms with Crippen LogP contribution >= 0.6 is 0 Å². The molecule has 1 heterocycles. The van der Waals surface area contributed by atoms with Gasteiger partial charge in [0.1, 0.15) is 0 Å². The molecule has 1 aliphatic carbocycles. The largest absolute Gasteiger partial charge is 0.330 e. The third-order valence-corrected chi connectivity index (χ3v) is 6.32. The van der Waals surface area contributed by atoms with Gasteiger partial charge in [-0.1, -0.05) is 24.6 Å². The van der Waals surface area contributed by atoms with Gasteiger partial charge in [-0.25, -0.2) is 8.42 Å². The fourth-order valence-electron chi connectivity index (χ4n) is 3.28. The second-order valence-corrected chi connectivity index (χ2v) is 7.29. The van der Waals surface area contributed by atoms with Gasteiger partial charge in [0.15, 0.2) is 9.84 Å². The number of nitrogens with two attached hydrogens (primary N) is 1. The van der Waals surface area contributed by atoms with Crippen LogP contribution in [0.4, 0.5) is 0 Å². The molecule has 1 saturated carbocycles. The summed E-state index contributed by atoms with van der Waals surface area (Å²) in [6, 6.07) is 7.41. The standard InChI is InChI=1S/C13H17NO2S/c14-9-13(6-3-7-13)11-8-17(15,16)12-5-2-1-4-10(11)12/h1-2,4-5,11H,3,6-9,14H2. The molecule has 3 nitrogen and oxygen atoms in total. The van der Waals surface area contributed by atoms with Crippen molar-refractivity contribution in [3.63, 3.8) is 0 Å². The summed E-state index contributed by atoms with van der Waals surface area (Å²) in [5, 5.41) is 0. The molecule has 0 aromatic heterocycles. The second-order valence-electron chi connectivity index (χ2n) is 5.29. The van der Waals surface area contributed by atoms with Crippen molar-refractivity contribution in [1.29, 1.82) is 0 Å². The maximum absolute atomic E-state index is 12.1. The van der Waals surface area contributed by atoms with Gasteiger partial charge in [0, 0.05) is 5.92 Å². The molecule has 0 saturated heterocycles. The average Bonchev–Trinajstić information content (AvgIpc) is 2.52. The molecule has 1 aromatic carbocycles. The zero-order chi connectivity index (χ0) is 12.1. The van der Waals surface area contributed by atoms with Crippen molar-refractivity contribution in [1.82, 2.24) is 0 Å². The summed E-state index contributed by atoms with van der Waals surface area (Å²) < 4.78 is 24.3. The van der Waals surface area contributed by atoms with Crippen LogP contribution < -0.4 is 5.73 Å². The van der Waals surface area contributed by atoms with Crippen LogP contribution in [0.25, 0.3) is 0 Å². The van der Waals surface area contributed by atoms with Crippen LogP contribution in [0.2, 0.25) is 0 Å². The Bertz CT molecular complexity index is 541. The normalized spacial score (nSPS) is 28.4. The molecule has 17 heavy (non-hydrogen) atoms. The van der Waals surface area contributed by atoms with E-state index in [9.17, 15) is 8.42 Å². The quantitative estimate of drug-likeness (QED) is 0.870. The van der Waals surface area contributed by atoms with E-state index in [0.29, 0.717) is 11.4 Å². The van der Waals surface area contributed by atoms with Crippen molar-refractivity contribution < 1.29 is 8.42 Å². The maximum Gasteiger partial charge on any atom is 0.179 e. The molecule has 1 unspecified atom stereocenters. The van der Waals surface area contributed by atoms with E-state index in [1.165, 1.54) is 6.42 Å². The zero-order valence-electron chi connectivity index (χ0n) is 9.72. The van der Waals surface area contributed by atoms with Gasteiger partial charge in [-0.3, -0.25) is 0 Å². The molecule has 0 bridgehead atoms. The molecular formula is C13H17NO2S. The predicted octanol–water partition coefficient (Wildman–Crippen LogP) is 1.69. The molecule has 0 amide bonds. The van der Waals surface area contributed by atoms with Crippen LogP contribution in [0.1, 0.15) is 30.7 Å². The summed E-state index contributed by atoms with van der Waals surface area (Å²) in [7, 11) is -3.08. The number of hydrogen-bond donors (Lipinski definition) is 1. The first kappa shape index (κ1) is 11.2. The molecule has 3 rings (SSSR count). The molecule has 1 fully saturated rings. The summed E-state index contributed by atoms with van der Waals surface area (Å²) in [4.78, 5) is 0.532. The van der Waals surface area contributed by atoms with Gasteiger partial charge in [-0.2, -0.15) is 0 Å². The van der Waals surface area contributed by atoms with Crippen molar-refractivity contribution in [3.8, 4) is 0 Å². The third kappa shape index (κ3) is 1.47. The molecular weight excluding hydrogens is 234 g/mol. The molecule has 92 valence electrons. The first-order chi connectivity index (χ1) is 8.09. The monoisotopic (exact) mass is 251 g/mol. The van der Waals surface area contributed by atoms with Gasteiger partial charge < -0.3 is 5.73 Å². The lowest BCUT2D eigenvalue weighted by molar-refractivity contribution is 0.112. The van der Waals surface area contributed by atoms with Gasteiger partial charge in [-0.05, 0) is 36.4 Å². The van der Waals surface area contributed by atoms with Crippen LogP contribution in [-0.2, 0) is 9.84 Å². The highest BCUT2D eigenvalue weighted by Crippen LogP contribution is 2.55. The minimum absolute atomic E-state index is 0.0413. The highest BCUT2D eigenvalue weighted by molar-refractivity contribution is 7.91. The van der Waals surface area contributed by atoms with Crippen molar-refractivity contribution in [2.75, 3.05) is 12.3 Å². The molecule has 1 aromatic rings. The van der Waals surface area contributed by atoms with E-state index in [-0.39, 0.29) is 17.1 Å². The SMILES string of the molecule is NCC1(C2CS(=O)(=O)c3ccccc32)CCC1. The Kier molecular flexibility index (Phi) is 2.35. The lowest BCUT2D eigenvalue weighted by Gasteiger charge is -2.45. The second kappa shape index (κ2) is 3.56. The van der Waals surface area contributed by atoms with E-state index >= 15 is 0 Å². The number of hydrogen-bond acceptors (Lipinski definition) is 3. The van der Waals surface area contributed by atoms with Crippen LogP contribution in [-0.4, -0.2) is 20.7 Å². The van der Waals surface area contributed by atoms with Gasteiger partial charge in [0.25, 0.3) is 0 Å². The Balaban J connectivity index is 2.11. The minimum Gasteiger partial charge on any atom is -0.330 e. The summed E-state index contributed by atoms with van der Waals surface area (Å²) in [5.41, 5.74) is 6.94. The maximum atomic E-state index is 12.1. The molecule has 1 atom stereocenters. The van der Waals surface area contributed by atoms with Crippen LogP contribution in [0, 0.1) is 5.41 Å². The Morgan fingerprint density at radius 2 is 2.00 bits per heavy atom. The van der Waals surface area contributed by atoms with Gasteiger partial charge in [0.05, 0.1) is 10.6 Å². The summed E-state index contributed by atoms with van der Waals surface area (Å²) in [6.07, 6.45) is 3.31. The van der Waals surface area contributed by atoms with Crippen molar-refractivity contribution in [2.24, 2.45) is 11.1 Å². The van der Waals surface area contributed by atoms with Crippen molar-refractivity contribution in [2.45, 2.75) is 30.1 Å². The lowest BCUT2D eigenvalue weighted by atomic mass is 9.60. The van der Waals surface area contributed by atoms with Gasteiger partial charge in [0.2, 0.25) is 0 Å².